The minimum absolute atomic E-state index is 0.138. The first-order valence-electron chi connectivity index (χ1n) is 5.66. The highest BCUT2D eigenvalue weighted by molar-refractivity contribution is 7.13. The molecule has 2 aromatic rings. The first kappa shape index (κ1) is 13.2. The molecule has 0 spiro atoms. The topological polar surface area (TPSA) is 99.5 Å². The molecule has 1 unspecified atom stereocenters. The Hall–Kier alpha value is -2.28. The summed E-state index contributed by atoms with van der Waals surface area (Å²) >= 11 is 1.54. The minimum atomic E-state index is -0.138. The molecule has 0 aliphatic carbocycles. The van der Waals surface area contributed by atoms with Gasteiger partial charge in [-0.15, -0.1) is 16.5 Å². The third kappa shape index (κ3) is 3.35. The number of nitrogens with zero attached hydrogens (tertiary/aromatic N) is 3. The predicted octanol–water partition coefficient (Wildman–Crippen LogP) is 3.29. The maximum atomic E-state index is 7.68. The smallest absolute Gasteiger partial charge is 0.187 e. The van der Waals surface area contributed by atoms with Crippen molar-refractivity contribution < 1.29 is 0 Å². The highest BCUT2D eigenvalue weighted by Gasteiger charge is 2.11. The fourth-order valence-electron chi connectivity index (χ4n) is 1.57. The van der Waals surface area contributed by atoms with E-state index in [1.165, 1.54) is 0 Å². The third-order valence-corrected chi connectivity index (χ3v) is 3.36. The molecule has 0 bridgehead atoms. The summed E-state index contributed by atoms with van der Waals surface area (Å²) in [6, 6.07) is 7.78. The molecule has 0 radical (unpaired) electrons. The molecular formula is C12H14N6S. The normalized spacial score (nSPS) is 12.5. The number of thiazole rings is 1. The first-order valence-corrected chi connectivity index (χ1v) is 6.54. The molecule has 19 heavy (non-hydrogen) atoms. The standard InChI is InChI=1S/C12H14N6S/c1-8(11(13)17-18-14)9-2-4-10(5-3-9)16-12-15-6-7-19-12/h2-8H,1H3,(H,15,16)(H3,13,14,17). The third-order valence-electron chi connectivity index (χ3n) is 2.67. The molecule has 1 atom stereocenters. The van der Waals surface area contributed by atoms with E-state index >= 15 is 0 Å². The largest absolute Gasteiger partial charge is 0.332 e. The molecule has 98 valence electrons. The second-order valence-corrected chi connectivity index (χ2v) is 4.80. The lowest BCUT2D eigenvalue weighted by molar-refractivity contribution is 0.951. The van der Waals surface area contributed by atoms with Gasteiger partial charge in [0.05, 0.1) is 0 Å². The zero-order valence-corrected chi connectivity index (χ0v) is 11.2. The molecule has 6 nitrogen and oxygen atoms in total. The van der Waals surface area contributed by atoms with Gasteiger partial charge in [0.1, 0.15) is 0 Å². The predicted molar refractivity (Wildman–Crippen MR) is 77.0 cm³/mol. The summed E-state index contributed by atoms with van der Waals surface area (Å²) in [7, 11) is 0. The Morgan fingerprint density at radius 3 is 2.74 bits per heavy atom. The van der Waals surface area contributed by atoms with Crippen molar-refractivity contribution in [2.75, 3.05) is 5.32 Å². The van der Waals surface area contributed by atoms with Gasteiger partial charge < -0.3 is 11.2 Å². The Morgan fingerprint density at radius 1 is 1.42 bits per heavy atom. The van der Waals surface area contributed by atoms with Crippen LogP contribution >= 0.6 is 11.3 Å². The first-order chi connectivity index (χ1) is 9.20. The highest BCUT2D eigenvalue weighted by atomic mass is 32.1. The van der Waals surface area contributed by atoms with Crippen molar-refractivity contribution in [3.05, 3.63) is 41.4 Å². The summed E-state index contributed by atoms with van der Waals surface area (Å²) in [5.74, 6) is 4.95. The number of aromatic nitrogens is 1. The molecule has 0 fully saturated rings. The van der Waals surface area contributed by atoms with Gasteiger partial charge >= 0.3 is 0 Å². The second kappa shape index (κ2) is 6.05. The molecule has 1 aromatic carbocycles. The Balaban J connectivity index is 2.08. The number of benzene rings is 1. The van der Waals surface area contributed by atoms with Crippen LogP contribution in [0.1, 0.15) is 18.4 Å². The molecular weight excluding hydrogens is 260 g/mol. The molecule has 0 saturated heterocycles. The van der Waals surface area contributed by atoms with E-state index in [1.54, 1.807) is 17.5 Å². The van der Waals surface area contributed by atoms with Gasteiger partial charge in [0.2, 0.25) is 0 Å². The van der Waals surface area contributed by atoms with Gasteiger partial charge in [0.25, 0.3) is 0 Å². The van der Waals surface area contributed by atoms with Crippen LogP contribution in [0.15, 0.2) is 46.2 Å². The van der Waals surface area contributed by atoms with Crippen LogP contribution in [0.3, 0.4) is 0 Å². The minimum Gasteiger partial charge on any atom is -0.332 e. The van der Waals surface area contributed by atoms with Crippen molar-refractivity contribution >= 4 is 28.0 Å². The van der Waals surface area contributed by atoms with E-state index < -0.39 is 0 Å². The van der Waals surface area contributed by atoms with Gasteiger partial charge in [0, 0.05) is 23.2 Å². The summed E-state index contributed by atoms with van der Waals surface area (Å²) in [6.45, 7) is 1.89. The maximum absolute atomic E-state index is 7.68. The Bertz CT molecular complexity index is 560. The Kier molecular flexibility index (Phi) is 4.19. The molecule has 0 amide bonds. The Labute approximate surface area is 114 Å². The molecule has 0 saturated carbocycles. The van der Waals surface area contributed by atoms with E-state index in [4.69, 9.17) is 11.3 Å². The van der Waals surface area contributed by atoms with Crippen molar-refractivity contribution in [1.82, 2.24) is 4.98 Å². The lowest BCUT2D eigenvalue weighted by atomic mass is 10.00. The summed E-state index contributed by atoms with van der Waals surface area (Å²) < 4.78 is 0. The van der Waals surface area contributed by atoms with Gasteiger partial charge in [-0.05, 0) is 17.7 Å². The molecule has 0 aliphatic rings. The van der Waals surface area contributed by atoms with Crippen molar-refractivity contribution in [2.24, 2.45) is 16.2 Å². The van der Waals surface area contributed by atoms with Gasteiger partial charge in [0.15, 0.2) is 11.0 Å². The molecule has 1 aromatic heterocycles. The quantitative estimate of drug-likeness (QED) is 0.262. The second-order valence-electron chi connectivity index (χ2n) is 3.91. The molecule has 2 rings (SSSR count). The van der Waals surface area contributed by atoms with Crippen LogP contribution < -0.4 is 11.2 Å². The number of hydrogen-bond donors (Lipinski definition) is 3. The summed E-state index contributed by atoms with van der Waals surface area (Å²) in [4.78, 5) is 4.15. The molecule has 7 heteroatoms. The van der Waals surface area contributed by atoms with Crippen LogP contribution in [-0.4, -0.2) is 10.8 Å². The zero-order valence-electron chi connectivity index (χ0n) is 10.4. The van der Waals surface area contributed by atoms with E-state index in [9.17, 15) is 0 Å². The van der Waals surface area contributed by atoms with Crippen LogP contribution in [0.5, 0.6) is 0 Å². The van der Waals surface area contributed by atoms with Crippen LogP contribution in [0.4, 0.5) is 10.8 Å². The summed E-state index contributed by atoms with van der Waals surface area (Å²) in [5.41, 5.74) is 1.94. The van der Waals surface area contributed by atoms with Crippen LogP contribution in [0.2, 0.25) is 0 Å². The summed E-state index contributed by atoms with van der Waals surface area (Å²) in [6.07, 6.45) is 1.75. The SMILES string of the molecule is CC(C(=N)N=NN)c1ccc(Nc2nccs2)cc1. The van der Waals surface area contributed by atoms with Gasteiger partial charge in [-0.1, -0.05) is 24.3 Å². The maximum Gasteiger partial charge on any atom is 0.187 e. The molecule has 0 aliphatic heterocycles. The van der Waals surface area contributed by atoms with E-state index in [0.717, 1.165) is 16.4 Å². The van der Waals surface area contributed by atoms with Crippen molar-refractivity contribution in [2.45, 2.75) is 12.8 Å². The van der Waals surface area contributed by atoms with E-state index in [1.807, 2.05) is 36.6 Å². The van der Waals surface area contributed by atoms with Gasteiger partial charge in [-0.25, -0.2) is 4.98 Å². The molecule has 4 N–H and O–H groups in total. The van der Waals surface area contributed by atoms with E-state index in [2.05, 4.69) is 20.6 Å². The van der Waals surface area contributed by atoms with Crippen molar-refractivity contribution in [3.8, 4) is 0 Å². The average Bonchev–Trinajstić information content (AvgIpc) is 2.92. The Morgan fingerprint density at radius 2 is 2.16 bits per heavy atom. The number of amidine groups is 1. The summed E-state index contributed by atoms with van der Waals surface area (Å²) in [5, 5.41) is 20.3. The van der Waals surface area contributed by atoms with E-state index in [0.29, 0.717) is 0 Å². The van der Waals surface area contributed by atoms with Crippen LogP contribution in [0, 0.1) is 5.41 Å². The monoisotopic (exact) mass is 274 g/mol. The number of nitrogens with one attached hydrogen (secondary N) is 2. The van der Waals surface area contributed by atoms with Gasteiger partial charge in [-0.3, -0.25) is 5.41 Å². The number of rotatable bonds is 4. The lowest BCUT2D eigenvalue weighted by Gasteiger charge is -2.10. The number of hydrogen-bond acceptors (Lipinski definition) is 5. The molecule has 1 heterocycles. The fraction of sp³-hybridized carbons (Fsp3) is 0.167. The number of anilines is 2. The van der Waals surface area contributed by atoms with Crippen LogP contribution in [-0.2, 0) is 0 Å². The van der Waals surface area contributed by atoms with Crippen molar-refractivity contribution in [1.29, 1.82) is 5.41 Å². The van der Waals surface area contributed by atoms with Crippen molar-refractivity contribution in [3.63, 3.8) is 0 Å². The van der Waals surface area contributed by atoms with Crippen LogP contribution in [0.25, 0.3) is 0 Å². The average molecular weight is 274 g/mol. The number of nitrogens with two attached hydrogens (primary N) is 1. The van der Waals surface area contributed by atoms with Gasteiger partial charge in [-0.2, -0.15) is 0 Å². The lowest BCUT2D eigenvalue weighted by Crippen LogP contribution is -2.05. The zero-order chi connectivity index (χ0) is 13.7. The van der Waals surface area contributed by atoms with E-state index in [-0.39, 0.29) is 11.8 Å². The highest BCUT2D eigenvalue weighted by Crippen LogP contribution is 2.22. The fourth-order valence-corrected chi connectivity index (χ4v) is 2.12.